The number of unbranched alkanes of at least 4 members (excludes halogenated alkanes) is 28. The summed E-state index contributed by atoms with van der Waals surface area (Å²) in [5.74, 6) is -0.294. The molecule has 1 amide bonds. The van der Waals surface area contributed by atoms with E-state index in [0.29, 0.717) is 12.8 Å². The molecule has 3 rings (SSSR count). The van der Waals surface area contributed by atoms with Crippen LogP contribution < -0.4 is 5.32 Å². The molecule has 0 bridgehead atoms. The number of nitrogens with one attached hydrogen (secondary N) is 1. The zero-order chi connectivity index (χ0) is 64.0. The second-order valence-corrected chi connectivity index (χ2v) is 24.6. The molecule has 3 heterocycles. The standard InChI is InChI=1S/C69H123NO18/c1-3-5-7-9-11-13-15-17-19-21-23-25-27-28-30-32-34-36-38-40-42-44-46-53(74)52(70-57(75)47-45-43-41-39-37-35-33-31-29-26-24-22-20-18-16-14-12-10-8-6-4-2)51-83-67-63(81)60(78)65(55(49-72)85-67)88-69-64(82)61(79)66(56(50-73)86-69)87-68-62(80)59(77)58(76)54(48-71)84-68/h16,18,22,24,28,30,36,38,44,46,52-56,58-69,71-74,76-82H,3-15,17,19-21,23,25-27,29,31-35,37,39-43,45,47-51H2,1-2H3,(H,70,75)/b18-16-,24-22-,30-28+,38-36+,46-44+. The van der Waals surface area contributed by atoms with E-state index in [1.54, 1.807) is 6.08 Å². The van der Waals surface area contributed by atoms with Gasteiger partial charge in [0, 0.05) is 6.42 Å². The van der Waals surface area contributed by atoms with Gasteiger partial charge in [0.15, 0.2) is 18.9 Å². The number of hydrogen-bond acceptors (Lipinski definition) is 18. The van der Waals surface area contributed by atoms with Crippen LogP contribution >= 0.6 is 0 Å². The van der Waals surface area contributed by atoms with Gasteiger partial charge in [0.1, 0.15) is 73.2 Å². The van der Waals surface area contributed by atoms with Crippen molar-refractivity contribution < 1.29 is 89.4 Å². The van der Waals surface area contributed by atoms with Crippen LogP contribution in [-0.2, 0) is 33.2 Å². The molecule has 0 aromatic carbocycles. The average molecular weight is 1250 g/mol. The molecule has 17 unspecified atom stereocenters. The molecule has 88 heavy (non-hydrogen) atoms. The van der Waals surface area contributed by atoms with Crippen molar-refractivity contribution in [3.05, 3.63) is 60.8 Å². The fourth-order valence-corrected chi connectivity index (χ4v) is 11.4. The predicted molar refractivity (Wildman–Crippen MR) is 342 cm³/mol. The number of ether oxygens (including phenoxy) is 6. The first-order chi connectivity index (χ1) is 42.8. The van der Waals surface area contributed by atoms with Crippen molar-refractivity contribution in [2.45, 2.75) is 343 Å². The first kappa shape index (κ1) is 79.7. The summed E-state index contributed by atoms with van der Waals surface area (Å²) >= 11 is 0. The van der Waals surface area contributed by atoms with Gasteiger partial charge >= 0.3 is 0 Å². The number of amides is 1. The van der Waals surface area contributed by atoms with Crippen molar-refractivity contribution in [1.29, 1.82) is 0 Å². The Morgan fingerprint density at radius 2 is 0.761 bits per heavy atom. The largest absolute Gasteiger partial charge is 0.394 e. The van der Waals surface area contributed by atoms with Crippen LogP contribution in [0.2, 0.25) is 0 Å². The van der Waals surface area contributed by atoms with Crippen molar-refractivity contribution in [2.75, 3.05) is 26.4 Å². The van der Waals surface area contributed by atoms with Crippen molar-refractivity contribution >= 4 is 5.91 Å². The van der Waals surface area contributed by atoms with Gasteiger partial charge in [-0.15, -0.1) is 0 Å². The zero-order valence-electron chi connectivity index (χ0n) is 53.9. The summed E-state index contributed by atoms with van der Waals surface area (Å²) in [6.07, 6.45) is 34.8. The third-order valence-corrected chi connectivity index (χ3v) is 17.0. The van der Waals surface area contributed by atoms with E-state index in [0.717, 1.165) is 64.2 Å². The van der Waals surface area contributed by atoms with Crippen LogP contribution in [0.25, 0.3) is 0 Å². The van der Waals surface area contributed by atoms with E-state index in [1.165, 1.54) is 141 Å². The lowest BCUT2D eigenvalue weighted by molar-refractivity contribution is -0.379. The summed E-state index contributed by atoms with van der Waals surface area (Å²) in [6.45, 7) is 1.70. The topological polar surface area (TPSA) is 307 Å². The summed E-state index contributed by atoms with van der Waals surface area (Å²) in [6, 6.07) is -1.00. The molecule has 0 aromatic heterocycles. The molecule has 3 saturated heterocycles. The smallest absolute Gasteiger partial charge is 0.220 e. The minimum Gasteiger partial charge on any atom is -0.394 e. The molecule has 0 saturated carbocycles. The summed E-state index contributed by atoms with van der Waals surface area (Å²) in [7, 11) is 0. The molecule has 0 radical (unpaired) electrons. The van der Waals surface area contributed by atoms with Gasteiger partial charge in [-0.1, -0.05) is 216 Å². The monoisotopic (exact) mass is 1250 g/mol. The van der Waals surface area contributed by atoms with Gasteiger partial charge in [-0.25, -0.2) is 0 Å². The second kappa shape index (κ2) is 51.0. The van der Waals surface area contributed by atoms with E-state index in [1.807, 2.05) is 6.08 Å². The predicted octanol–water partition coefficient (Wildman–Crippen LogP) is 8.77. The van der Waals surface area contributed by atoms with Crippen molar-refractivity contribution in [3.63, 3.8) is 0 Å². The number of hydrogen-bond donors (Lipinski definition) is 12. The summed E-state index contributed by atoms with van der Waals surface area (Å²) in [5, 5.41) is 120. The van der Waals surface area contributed by atoms with Crippen molar-refractivity contribution in [1.82, 2.24) is 5.32 Å². The Labute approximate surface area is 528 Å². The van der Waals surface area contributed by atoms with Crippen LogP contribution in [0.1, 0.15) is 239 Å². The van der Waals surface area contributed by atoms with Gasteiger partial charge in [-0.2, -0.15) is 0 Å². The molecule has 17 atom stereocenters. The highest BCUT2D eigenvalue weighted by Gasteiger charge is 2.53. The van der Waals surface area contributed by atoms with Crippen LogP contribution in [0.4, 0.5) is 0 Å². The third kappa shape index (κ3) is 32.9. The van der Waals surface area contributed by atoms with Crippen LogP contribution in [-0.4, -0.2) is 193 Å². The van der Waals surface area contributed by atoms with E-state index in [2.05, 4.69) is 67.8 Å². The quantitative estimate of drug-likeness (QED) is 0.0200. The highest BCUT2D eigenvalue weighted by Crippen LogP contribution is 2.33. The molecule has 19 nitrogen and oxygen atoms in total. The maximum Gasteiger partial charge on any atom is 0.220 e. The van der Waals surface area contributed by atoms with Crippen LogP contribution in [0.15, 0.2) is 60.8 Å². The van der Waals surface area contributed by atoms with E-state index in [9.17, 15) is 61.0 Å². The highest BCUT2D eigenvalue weighted by molar-refractivity contribution is 5.76. The molecule has 0 aliphatic carbocycles. The van der Waals surface area contributed by atoms with Gasteiger partial charge in [0.25, 0.3) is 0 Å². The first-order valence-electron chi connectivity index (χ1n) is 34.5. The summed E-state index contributed by atoms with van der Waals surface area (Å²) < 4.78 is 34.3. The number of aliphatic hydroxyl groups excluding tert-OH is 11. The highest BCUT2D eigenvalue weighted by atomic mass is 16.8. The van der Waals surface area contributed by atoms with Crippen LogP contribution in [0, 0.1) is 0 Å². The number of rotatable bonds is 52. The number of carbonyl (C=O) groups excluding carboxylic acids is 1. The molecule has 0 aromatic rings. The molecule has 12 N–H and O–H groups in total. The Bertz CT molecular complexity index is 1830. The van der Waals surface area contributed by atoms with Crippen molar-refractivity contribution in [3.8, 4) is 0 Å². The van der Waals surface area contributed by atoms with E-state index >= 15 is 0 Å². The first-order valence-corrected chi connectivity index (χ1v) is 34.5. The Kier molecular flexibility index (Phi) is 46.2. The normalized spacial score (nSPS) is 28.8. The van der Waals surface area contributed by atoms with Gasteiger partial charge < -0.3 is 89.9 Å². The molecule has 0 spiro atoms. The Morgan fingerprint density at radius 1 is 0.409 bits per heavy atom. The number of aliphatic hydroxyl groups is 11. The lowest BCUT2D eigenvalue weighted by Crippen LogP contribution is -2.66. The van der Waals surface area contributed by atoms with Gasteiger partial charge in [-0.3, -0.25) is 4.79 Å². The minimum atomic E-state index is -1.98. The summed E-state index contributed by atoms with van der Waals surface area (Å²) in [5.41, 5.74) is 0. The van der Waals surface area contributed by atoms with Crippen LogP contribution in [0.3, 0.4) is 0 Å². The molecule has 512 valence electrons. The van der Waals surface area contributed by atoms with E-state index in [-0.39, 0.29) is 18.9 Å². The third-order valence-electron chi connectivity index (χ3n) is 17.0. The lowest BCUT2D eigenvalue weighted by atomic mass is 9.96. The Balaban J connectivity index is 1.47. The number of carbonyl (C=O) groups is 1. The van der Waals surface area contributed by atoms with Crippen molar-refractivity contribution in [2.24, 2.45) is 0 Å². The van der Waals surface area contributed by atoms with E-state index in [4.69, 9.17) is 28.4 Å². The Hall–Kier alpha value is -2.51. The SMILES string of the molecule is CCCCCCC/C=C\C/C=C\CCCCCCCCCCCC(=O)NC(COC1OC(CO)C(OC2OC(CO)C(OC3OC(CO)C(O)C(O)C3O)C(O)C2O)C(O)C1O)C(O)/C=C/CC/C=C/CC/C=C/CCCCCCCCCCCCCC. The van der Waals surface area contributed by atoms with Gasteiger partial charge in [-0.05, 0) is 77.0 Å². The fraction of sp³-hybridized carbons (Fsp3) is 0.841. The maximum absolute atomic E-state index is 13.4. The maximum atomic E-state index is 13.4. The molecule has 3 aliphatic rings. The molecular formula is C69H123NO18. The molecule has 3 fully saturated rings. The van der Waals surface area contributed by atoms with E-state index < -0.39 is 124 Å². The van der Waals surface area contributed by atoms with Gasteiger partial charge in [0.05, 0.1) is 38.6 Å². The molecule has 19 heteroatoms. The molecular weight excluding hydrogens is 1130 g/mol. The summed E-state index contributed by atoms with van der Waals surface area (Å²) in [4.78, 5) is 13.4. The van der Waals surface area contributed by atoms with Crippen LogP contribution in [0.5, 0.6) is 0 Å². The minimum absolute atomic E-state index is 0.225. The molecule has 3 aliphatic heterocycles. The average Bonchev–Trinajstić information content (AvgIpc) is 3.72. The Morgan fingerprint density at radius 3 is 1.20 bits per heavy atom. The number of allylic oxidation sites excluding steroid dienone is 9. The fourth-order valence-electron chi connectivity index (χ4n) is 11.4. The second-order valence-electron chi connectivity index (χ2n) is 24.6. The van der Waals surface area contributed by atoms with Gasteiger partial charge in [0.2, 0.25) is 5.91 Å². The zero-order valence-corrected chi connectivity index (χ0v) is 53.9. The lowest BCUT2D eigenvalue weighted by Gasteiger charge is -2.48.